The molecule has 2 heterocycles. The summed E-state index contributed by atoms with van der Waals surface area (Å²) in [4.78, 5) is 4.51. The third kappa shape index (κ3) is 4.14. The van der Waals surface area contributed by atoms with Gasteiger partial charge in [0.1, 0.15) is 16.9 Å². The van der Waals surface area contributed by atoms with E-state index in [9.17, 15) is 4.39 Å². The van der Waals surface area contributed by atoms with E-state index >= 15 is 0 Å². The first-order valence-electron chi connectivity index (χ1n) is 7.57. The summed E-state index contributed by atoms with van der Waals surface area (Å²) in [5.74, 6) is 0.278. The molecule has 0 saturated heterocycles. The van der Waals surface area contributed by atoms with E-state index in [1.807, 2.05) is 23.0 Å². The Bertz CT molecular complexity index is 1070. The molecule has 3 nitrogen and oxygen atoms in total. The molecule has 0 aliphatic rings. The molecule has 0 bridgehead atoms. The van der Waals surface area contributed by atoms with Gasteiger partial charge in [-0.2, -0.15) is 4.57 Å². The van der Waals surface area contributed by atoms with Gasteiger partial charge in [0.2, 0.25) is 5.89 Å². The van der Waals surface area contributed by atoms with E-state index in [0.717, 1.165) is 15.6 Å². The molecule has 0 unspecified atom stereocenters. The lowest BCUT2D eigenvalue weighted by Gasteiger charge is -2.01. The Kier molecular flexibility index (Phi) is 5.75. The lowest BCUT2D eigenvalue weighted by Crippen LogP contribution is -3.00. The second kappa shape index (κ2) is 7.86. The second-order valence-electron chi connectivity index (χ2n) is 5.67. The lowest BCUT2D eigenvalue weighted by atomic mass is 10.2. The Morgan fingerprint density at radius 1 is 1.08 bits per heavy atom. The number of hydrogen-bond donors (Lipinski definition) is 0. The van der Waals surface area contributed by atoms with Crippen molar-refractivity contribution in [3.8, 4) is 11.5 Å². The molecule has 0 amide bonds. The summed E-state index contributed by atoms with van der Waals surface area (Å²) in [6, 6.07) is 13.7. The quantitative estimate of drug-likeness (QED) is 0.406. The van der Waals surface area contributed by atoms with Crippen molar-refractivity contribution in [2.75, 3.05) is 0 Å². The molecule has 0 N–H and O–H groups in total. The van der Waals surface area contributed by atoms with Crippen LogP contribution in [0.25, 0.3) is 22.6 Å². The summed E-state index contributed by atoms with van der Waals surface area (Å²) in [7, 11) is 0. The lowest BCUT2D eigenvalue weighted by molar-refractivity contribution is -0.688. The zero-order chi connectivity index (χ0) is 17.4. The highest BCUT2D eigenvalue weighted by Gasteiger charge is 2.14. The van der Waals surface area contributed by atoms with Crippen molar-refractivity contribution in [3.63, 3.8) is 0 Å². The highest BCUT2D eigenvalue weighted by atomic mass is 79.9. The number of aromatic nitrogens is 2. The van der Waals surface area contributed by atoms with Crippen molar-refractivity contribution in [2.45, 2.75) is 6.54 Å². The summed E-state index contributed by atoms with van der Waals surface area (Å²) < 4.78 is 21.8. The van der Waals surface area contributed by atoms with Crippen LogP contribution in [-0.4, -0.2) is 4.98 Å². The van der Waals surface area contributed by atoms with Gasteiger partial charge in [0.05, 0.1) is 4.47 Å². The first kappa shape index (κ1) is 19.0. The molecule has 26 heavy (non-hydrogen) atoms. The number of fused-ring (bicyclic) bond motifs is 1. The van der Waals surface area contributed by atoms with Crippen LogP contribution in [0.5, 0.6) is 0 Å². The highest BCUT2D eigenvalue weighted by Crippen LogP contribution is 2.26. The molecule has 0 fully saturated rings. The zero-order valence-corrected chi connectivity index (χ0v) is 17.2. The minimum absolute atomic E-state index is 0. The molecule has 0 aliphatic carbocycles. The van der Waals surface area contributed by atoms with Crippen LogP contribution in [0.2, 0.25) is 5.02 Å². The summed E-state index contributed by atoms with van der Waals surface area (Å²) in [6.07, 6.45) is 3.90. The number of halogens is 4. The molecule has 0 radical (unpaired) electrons. The number of rotatable bonds is 3. The Balaban J connectivity index is 0.00000196. The molecule has 0 aliphatic heterocycles. The molecule has 0 atom stereocenters. The van der Waals surface area contributed by atoms with Crippen molar-refractivity contribution >= 4 is 38.6 Å². The van der Waals surface area contributed by atoms with E-state index < -0.39 is 0 Å². The van der Waals surface area contributed by atoms with Gasteiger partial charge in [-0.05, 0) is 64.5 Å². The van der Waals surface area contributed by atoms with Crippen molar-refractivity contribution in [1.82, 2.24) is 4.98 Å². The molecule has 0 saturated carbocycles. The zero-order valence-electron chi connectivity index (χ0n) is 13.3. The highest BCUT2D eigenvalue weighted by molar-refractivity contribution is 9.10. The average Bonchev–Trinajstić information content (AvgIpc) is 3.00. The summed E-state index contributed by atoms with van der Waals surface area (Å²) in [6.45, 7) is 0.610. The van der Waals surface area contributed by atoms with Crippen molar-refractivity contribution in [2.24, 2.45) is 0 Å². The topological polar surface area (TPSA) is 29.9 Å². The van der Waals surface area contributed by atoms with Crippen molar-refractivity contribution < 1.29 is 30.4 Å². The van der Waals surface area contributed by atoms with E-state index in [1.165, 1.54) is 12.1 Å². The van der Waals surface area contributed by atoms with Crippen LogP contribution >= 0.6 is 27.5 Å². The third-order valence-electron chi connectivity index (χ3n) is 3.76. The SMILES string of the molecule is Fc1ccc(C[n+]2cc(Br)cc(-c3nc4cc(Cl)ccc4o3)c2)cc1.[Br-]. The molecule has 2 aromatic carbocycles. The number of pyridine rings is 1. The summed E-state index contributed by atoms with van der Waals surface area (Å²) in [5.41, 5.74) is 3.24. The van der Waals surface area contributed by atoms with Gasteiger partial charge in [0.15, 0.2) is 24.5 Å². The largest absolute Gasteiger partial charge is 1.00 e. The van der Waals surface area contributed by atoms with Gasteiger partial charge in [0, 0.05) is 10.6 Å². The van der Waals surface area contributed by atoms with E-state index in [2.05, 4.69) is 20.9 Å². The van der Waals surface area contributed by atoms with E-state index in [1.54, 1.807) is 30.3 Å². The van der Waals surface area contributed by atoms with Gasteiger partial charge in [-0.25, -0.2) is 9.37 Å². The van der Waals surface area contributed by atoms with E-state index in [4.69, 9.17) is 16.0 Å². The Labute approximate surface area is 173 Å². The Hall–Kier alpha value is -1.76. The van der Waals surface area contributed by atoms with E-state index in [0.29, 0.717) is 28.6 Å². The standard InChI is InChI=1S/C19H12BrClFN2O.BrH/c20-14-7-13(19-23-17-8-15(21)3-6-18(17)25-19)10-24(11-14)9-12-1-4-16(22)5-2-12;/h1-8,10-11H,9H2;1H/q+1;/p-1. The predicted molar refractivity (Wildman–Crippen MR) is 97.9 cm³/mol. The molecule has 0 spiro atoms. The fraction of sp³-hybridized carbons (Fsp3) is 0.0526. The van der Waals surface area contributed by atoms with Gasteiger partial charge in [-0.15, -0.1) is 0 Å². The fourth-order valence-corrected chi connectivity index (χ4v) is 3.31. The molecule has 4 aromatic rings. The molecule has 4 rings (SSSR count). The summed E-state index contributed by atoms with van der Waals surface area (Å²) in [5, 5.41) is 0.618. The molecular formula is C19H12Br2ClFN2O. The van der Waals surface area contributed by atoms with Gasteiger partial charge >= 0.3 is 0 Å². The molecule has 7 heteroatoms. The van der Waals surface area contributed by atoms with Crippen LogP contribution in [0.3, 0.4) is 0 Å². The number of oxazole rings is 1. The van der Waals surface area contributed by atoms with Crippen LogP contribution in [0.15, 0.2) is 69.8 Å². The van der Waals surface area contributed by atoms with Gasteiger partial charge in [-0.3, -0.25) is 0 Å². The fourth-order valence-electron chi connectivity index (χ4n) is 2.63. The first-order chi connectivity index (χ1) is 12.1. The molecular weight excluding hydrogens is 486 g/mol. The monoisotopic (exact) mass is 496 g/mol. The van der Waals surface area contributed by atoms with Crippen LogP contribution in [0.1, 0.15) is 5.56 Å². The van der Waals surface area contributed by atoms with E-state index in [-0.39, 0.29) is 22.8 Å². The maximum Gasteiger partial charge on any atom is 0.233 e. The number of benzene rings is 2. The minimum Gasteiger partial charge on any atom is -1.00 e. The minimum atomic E-state index is -0.242. The van der Waals surface area contributed by atoms with Gasteiger partial charge in [-0.1, -0.05) is 11.6 Å². The Morgan fingerprint density at radius 2 is 1.85 bits per heavy atom. The maximum atomic E-state index is 13.1. The van der Waals surface area contributed by atoms with Crippen LogP contribution in [-0.2, 0) is 6.54 Å². The van der Waals surface area contributed by atoms with Crippen LogP contribution < -0.4 is 21.5 Å². The number of hydrogen-bond acceptors (Lipinski definition) is 2. The third-order valence-corrected chi connectivity index (χ3v) is 4.43. The normalized spacial score (nSPS) is 10.7. The first-order valence-corrected chi connectivity index (χ1v) is 8.74. The van der Waals surface area contributed by atoms with Crippen LogP contribution in [0, 0.1) is 5.82 Å². The smallest absolute Gasteiger partial charge is 0.233 e. The second-order valence-corrected chi connectivity index (χ2v) is 7.02. The van der Waals surface area contributed by atoms with Crippen LogP contribution in [0.4, 0.5) is 4.39 Å². The van der Waals surface area contributed by atoms with Crippen molar-refractivity contribution in [1.29, 1.82) is 0 Å². The Morgan fingerprint density at radius 3 is 2.62 bits per heavy atom. The molecule has 132 valence electrons. The van der Waals surface area contributed by atoms with Crippen molar-refractivity contribution in [3.05, 3.63) is 81.8 Å². The predicted octanol–water partition coefficient (Wildman–Crippen LogP) is 2.39. The van der Waals surface area contributed by atoms with Gasteiger partial charge < -0.3 is 21.4 Å². The average molecular weight is 499 g/mol. The summed E-state index contributed by atoms with van der Waals surface area (Å²) >= 11 is 9.53. The molecule has 2 aromatic heterocycles. The van der Waals surface area contributed by atoms with Gasteiger partial charge in [0.25, 0.3) is 0 Å². The maximum absolute atomic E-state index is 13.1. The number of nitrogens with zero attached hydrogens (tertiary/aromatic N) is 2.